The van der Waals surface area contributed by atoms with E-state index in [1.807, 2.05) is 20.0 Å². The van der Waals surface area contributed by atoms with E-state index < -0.39 is 0 Å². The second-order valence-corrected chi connectivity index (χ2v) is 6.09. The minimum absolute atomic E-state index is 0.147. The molecule has 1 aliphatic carbocycles. The maximum Gasteiger partial charge on any atom is 0.123 e. The van der Waals surface area contributed by atoms with Crippen molar-refractivity contribution >= 4 is 0 Å². The fourth-order valence-corrected chi connectivity index (χ4v) is 3.34. The van der Waals surface area contributed by atoms with Gasteiger partial charge in [-0.15, -0.1) is 0 Å². The molecule has 0 spiro atoms. The van der Waals surface area contributed by atoms with E-state index in [9.17, 15) is 4.39 Å². The fourth-order valence-electron chi connectivity index (χ4n) is 3.34. The highest BCUT2D eigenvalue weighted by Crippen LogP contribution is 2.50. The van der Waals surface area contributed by atoms with E-state index >= 15 is 0 Å². The van der Waals surface area contributed by atoms with Crippen LogP contribution in [0.1, 0.15) is 29.0 Å². The van der Waals surface area contributed by atoms with Crippen molar-refractivity contribution in [1.29, 1.82) is 0 Å². The standard InChI is InChI=1S/C19H22FN/c1-13-10-16(20)9-8-15(13)11-19(21-2)18-12-17(18)14-6-4-3-5-7-14/h3-10,17-19,21H,11-12H2,1-2H3. The Morgan fingerprint density at radius 1 is 1.19 bits per heavy atom. The number of hydrogen-bond acceptors (Lipinski definition) is 1. The molecule has 1 aliphatic rings. The summed E-state index contributed by atoms with van der Waals surface area (Å²) in [6.45, 7) is 1.99. The van der Waals surface area contributed by atoms with Crippen molar-refractivity contribution in [3.05, 3.63) is 71.0 Å². The van der Waals surface area contributed by atoms with Gasteiger partial charge in [-0.1, -0.05) is 36.4 Å². The van der Waals surface area contributed by atoms with E-state index in [1.165, 1.54) is 17.5 Å². The molecule has 2 aromatic carbocycles. The van der Waals surface area contributed by atoms with E-state index in [2.05, 4.69) is 35.6 Å². The van der Waals surface area contributed by atoms with Crippen LogP contribution in [0.5, 0.6) is 0 Å². The van der Waals surface area contributed by atoms with Crippen molar-refractivity contribution in [3.8, 4) is 0 Å². The van der Waals surface area contributed by atoms with Crippen LogP contribution < -0.4 is 5.32 Å². The summed E-state index contributed by atoms with van der Waals surface area (Å²) in [6.07, 6.45) is 2.21. The van der Waals surface area contributed by atoms with Crippen LogP contribution in [-0.4, -0.2) is 13.1 Å². The van der Waals surface area contributed by atoms with Gasteiger partial charge in [0.15, 0.2) is 0 Å². The van der Waals surface area contributed by atoms with E-state index in [0.29, 0.717) is 17.9 Å². The first-order chi connectivity index (χ1) is 10.2. The first kappa shape index (κ1) is 14.3. The molecule has 0 amide bonds. The Balaban J connectivity index is 1.70. The molecule has 0 radical (unpaired) electrons. The van der Waals surface area contributed by atoms with Gasteiger partial charge in [-0.2, -0.15) is 0 Å². The molecule has 1 nitrogen and oxygen atoms in total. The molecular weight excluding hydrogens is 261 g/mol. The predicted molar refractivity (Wildman–Crippen MR) is 85.0 cm³/mol. The van der Waals surface area contributed by atoms with Crippen molar-refractivity contribution in [2.45, 2.75) is 31.7 Å². The third-order valence-corrected chi connectivity index (χ3v) is 4.70. The number of rotatable bonds is 5. The lowest BCUT2D eigenvalue weighted by molar-refractivity contribution is 0.490. The second kappa shape index (κ2) is 5.98. The summed E-state index contributed by atoms with van der Waals surface area (Å²) in [5, 5.41) is 3.46. The van der Waals surface area contributed by atoms with Crippen LogP contribution in [0.3, 0.4) is 0 Å². The average Bonchev–Trinajstić information content (AvgIpc) is 3.28. The lowest BCUT2D eigenvalue weighted by Crippen LogP contribution is -2.30. The van der Waals surface area contributed by atoms with Gasteiger partial charge in [0.25, 0.3) is 0 Å². The van der Waals surface area contributed by atoms with Crippen LogP contribution in [-0.2, 0) is 6.42 Å². The van der Waals surface area contributed by atoms with Gasteiger partial charge >= 0.3 is 0 Å². The van der Waals surface area contributed by atoms with Crippen LogP contribution in [0, 0.1) is 18.7 Å². The van der Waals surface area contributed by atoms with Crippen LogP contribution in [0.15, 0.2) is 48.5 Å². The molecule has 2 aromatic rings. The number of likely N-dealkylation sites (N-methyl/N-ethyl adjacent to an activating group) is 1. The van der Waals surface area contributed by atoms with Crippen LogP contribution in [0.25, 0.3) is 0 Å². The van der Waals surface area contributed by atoms with Crippen LogP contribution in [0.2, 0.25) is 0 Å². The first-order valence-corrected chi connectivity index (χ1v) is 7.66. The maximum absolute atomic E-state index is 13.2. The summed E-state index contributed by atoms with van der Waals surface area (Å²) in [7, 11) is 2.03. The monoisotopic (exact) mass is 283 g/mol. The summed E-state index contributed by atoms with van der Waals surface area (Å²) in [5.74, 6) is 1.21. The van der Waals surface area contributed by atoms with Gasteiger partial charge in [-0.3, -0.25) is 0 Å². The second-order valence-electron chi connectivity index (χ2n) is 6.09. The topological polar surface area (TPSA) is 12.0 Å². The number of halogens is 1. The van der Waals surface area contributed by atoms with E-state index in [1.54, 1.807) is 12.1 Å². The zero-order chi connectivity index (χ0) is 14.8. The van der Waals surface area contributed by atoms with Gasteiger partial charge in [0.05, 0.1) is 0 Å². The predicted octanol–water partition coefficient (Wildman–Crippen LogP) is 4.07. The minimum atomic E-state index is -0.147. The van der Waals surface area contributed by atoms with Gasteiger partial charge in [-0.05, 0) is 67.5 Å². The van der Waals surface area contributed by atoms with Gasteiger partial charge in [0, 0.05) is 6.04 Å². The first-order valence-electron chi connectivity index (χ1n) is 7.66. The van der Waals surface area contributed by atoms with Crippen molar-refractivity contribution in [1.82, 2.24) is 5.32 Å². The van der Waals surface area contributed by atoms with E-state index in [-0.39, 0.29) is 5.82 Å². The van der Waals surface area contributed by atoms with Crippen LogP contribution >= 0.6 is 0 Å². The number of benzene rings is 2. The third kappa shape index (κ3) is 3.16. The highest BCUT2D eigenvalue weighted by Gasteiger charge is 2.43. The van der Waals surface area contributed by atoms with Crippen molar-refractivity contribution in [2.24, 2.45) is 5.92 Å². The molecule has 2 heteroatoms. The lowest BCUT2D eigenvalue weighted by atomic mass is 9.96. The quantitative estimate of drug-likeness (QED) is 0.872. The Morgan fingerprint density at radius 2 is 1.95 bits per heavy atom. The molecule has 0 aromatic heterocycles. The zero-order valence-electron chi connectivity index (χ0n) is 12.6. The van der Waals surface area contributed by atoms with Gasteiger partial charge < -0.3 is 5.32 Å². The fraction of sp³-hybridized carbons (Fsp3) is 0.368. The molecule has 1 fully saturated rings. The molecule has 0 aliphatic heterocycles. The summed E-state index contributed by atoms with van der Waals surface area (Å²) in [6, 6.07) is 16.3. The molecule has 3 unspecified atom stereocenters. The zero-order valence-corrected chi connectivity index (χ0v) is 12.6. The van der Waals surface area contributed by atoms with Gasteiger partial charge in [-0.25, -0.2) is 4.39 Å². The summed E-state index contributed by atoms with van der Waals surface area (Å²) in [5.41, 5.74) is 3.74. The Kier molecular flexibility index (Phi) is 4.07. The van der Waals surface area contributed by atoms with Gasteiger partial charge in [0.1, 0.15) is 5.82 Å². The average molecular weight is 283 g/mol. The number of hydrogen-bond donors (Lipinski definition) is 1. The molecule has 0 heterocycles. The van der Waals surface area contributed by atoms with Crippen molar-refractivity contribution in [2.75, 3.05) is 7.05 Å². The molecule has 0 bridgehead atoms. The third-order valence-electron chi connectivity index (χ3n) is 4.70. The normalized spacial score (nSPS) is 22.0. The highest BCUT2D eigenvalue weighted by molar-refractivity contribution is 5.30. The molecule has 3 rings (SSSR count). The Bertz CT molecular complexity index is 608. The summed E-state index contributed by atoms with van der Waals surface area (Å²) >= 11 is 0. The molecule has 3 atom stereocenters. The molecule has 1 N–H and O–H groups in total. The van der Waals surface area contributed by atoms with Crippen molar-refractivity contribution < 1.29 is 4.39 Å². The Labute approximate surface area is 126 Å². The van der Waals surface area contributed by atoms with E-state index in [4.69, 9.17) is 0 Å². The molecule has 1 saturated carbocycles. The SMILES string of the molecule is CNC(Cc1ccc(F)cc1C)C1CC1c1ccccc1. The maximum atomic E-state index is 13.2. The van der Waals surface area contributed by atoms with Crippen molar-refractivity contribution in [3.63, 3.8) is 0 Å². The molecular formula is C19H22FN. The van der Waals surface area contributed by atoms with Gasteiger partial charge in [0.2, 0.25) is 0 Å². The van der Waals surface area contributed by atoms with Crippen LogP contribution in [0.4, 0.5) is 4.39 Å². The number of nitrogens with one attached hydrogen (secondary N) is 1. The number of aryl methyl sites for hydroxylation is 1. The Hall–Kier alpha value is -1.67. The van der Waals surface area contributed by atoms with E-state index in [0.717, 1.165) is 12.0 Å². The molecule has 21 heavy (non-hydrogen) atoms. The lowest BCUT2D eigenvalue weighted by Gasteiger charge is -2.18. The smallest absolute Gasteiger partial charge is 0.123 e. The highest BCUT2D eigenvalue weighted by atomic mass is 19.1. The summed E-state index contributed by atoms with van der Waals surface area (Å²) in [4.78, 5) is 0. The molecule has 0 saturated heterocycles. The minimum Gasteiger partial charge on any atom is -0.316 e. The summed E-state index contributed by atoms with van der Waals surface area (Å²) < 4.78 is 13.2. The largest absolute Gasteiger partial charge is 0.316 e. The molecule has 110 valence electrons. The Morgan fingerprint density at radius 3 is 2.62 bits per heavy atom.